The monoisotopic (exact) mass is 261 g/mol. The molecule has 0 fully saturated rings. The molecule has 0 aliphatic rings. The van der Waals surface area contributed by atoms with Crippen molar-refractivity contribution in [2.24, 2.45) is 5.92 Å². The highest BCUT2D eigenvalue weighted by molar-refractivity contribution is 5.29. The maximum Gasteiger partial charge on any atom is 0.00468 e. The molecule has 0 amide bonds. The Morgan fingerprint density at radius 3 is 2.42 bits per heavy atom. The third-order valence-electron chi connectivity index (χ3n) is 3.72. The summed E-state index contributed by atoms with van der Waals surface area (Å²) in [6.07, 6.45) is 2.35. The molecular formula is C18H31N. The molecule has 0 saturated carbocycles. The number of benzene rings is 1. The van der Waals surface area contributed by atoms with E-state index < -0.39 is 0 Å². The Balaban J connectivity index is 2.82. The third kappa shape index (κ3) is 5.36. The Hall–Kier alpha value is -0.820. The van der Waals surface area contributed by atoms with Crippen LogP contribution in [-0.4, -0.2) is 12.6 Å². The molecule has 0 aromatic heterocycles. The summed E-state index contributed by atoms with van der Waals surface area (Å²) in [5.41, 5.74) is 3.17. The molecule has 1 atom stereocenters. The molecule has 108 valence electrons. The van der Waals surface area contributed by atoms with Crippen LogP contribution in [0.25, 0.3) is 0 Å². The molecule has 19 heavy (non-hydrogen) atoms. The van der Waals surface area contributed by atoms with Gasteiger partial charge in [0.2, 0.25) is 0 Å². The third-order valence-corrected chi connectivity index (χ3v) is 3.72. The van der Waals surface area contributed by atoms with Gasteiger partial charge in [0.25, 0.3) is 0 Å². The lowest BCUT2D eigenvalue weighted by molar-refractivity contribution is 0.394. The number of hydrogen-bond donors (Lipinski definition) is 1. The number of hydrogen-bond acceptors (Lipinski definition) is 1. The van der Waals surface area contributed by atoms with Crippen LogP contribution in [0.15, 0.2) is 24.3 Å². The molecule has 1 unspecified atom stereocenters. The zero-order valence-corrected chi connectivity index (χ0v) is 13.6. The minimum absolute atomic E-state index is 0.231. The molecule has 0 aliphatic heterocycles. The van der Waals surface area contributed by atoms with E-state index in [1.54, 1.807) is 0 Å². The fraction of sp³-hybridized carbons (Fsp3) is 0.667. The highest BCUT2D eigenvalue weighted by atomic mass is 14.9. The predicted octanol–water partition coefficient (Wildman–Crippen LogP) is 4.55. The van der Waals surface area contributed by atoms with Crippen molar-refractivity contribution in [3.05, 3.63) is 35.4 Å². The Labute approximate surface area is 119 Å². The molecule has 0 heterocycles. The molecule has 0 saturated heterocycles. The predicted molar refractivity (Wildman–Crippen MR) is 85.8 cm³/mol. The lowest BCUT2D eigenvalue weighted by atomic mass is 9.78. The van der Waals surface area contributed by atoms with Crippen LogP contribution in [-0.2, 0) is 11.8 Å². The summed E-state index contributed by atoms with van der Waals surface area (Å²) in [7, 11) is 0. The summed E-state index contributed by atoms with van der Waals surface area (Å²) in [5, 5.41) is 3.52. The van der Waals surface area contributed by atoms with Crippen LogP contribution < -0.4 is 5.32 Å². The van der Waals surface area contributed by atoms with Crippen LogP contribution in [0.1, 0.15) is 59.1 Å². The standard InChI is InChI=1S/C18H31N/c1-7-19-15(4)13-18(5,6)17-10-8-9-16(12-17)11-14(2)3/h8-10,12,14-15,19H,7,11,13H2,1-6H3. The van der Waals surface area contributed by atoms with Crippen molar-refractivity contribution >= 4 is 0 Å². The van der Waals surface area contributed by atoms with Crippen LogP contribution >= 0.6 is 0 Å². The summed E-state index contributed by atoms with van der Waals surface area (Å²) in [4.78, 5) is 0. The molecule has 1 N–H and O–H groups in total. The Morgan fingerprint density at radius 1 is 1.16 bits per heavy atom. The molecule has 0 aliphatic carbocycles. The van der Waals surface area contributed by atoms with E-state index >= 15 is 0 Å². The Kier molecular flexibility index (Phi) is 6.06. The summed E-state index contributed by atoms with van der Waals surface area (Å²) < 4.78 is 0. The van der Waals surface area contributed by atoms with E-state index in [1.807, 2.05) is 0 Å². The van der Waals surface area contributed by atoms with Crippen LogP contribution in [0.4, 0.5) is 0 Å². The first-order chi connectivity index (χ1) is 8.85. The lowest BCUT2D eigenvalue weighted by Crippen LogP contribution is -2.33. The fourth-order valence-corrected chi connectivity index (χ4v) is 2.89. The quantitative estimate of drug-likeness (QED) is 0.759. The minimum atomic E-state index is 0.231. The van der Waals surface area contributed by atoms with Gasteiger partial charge in [0.15, 0.2) is 0 Å². The van der Waals surface area contributed by atoms with Crippen LogP contribution in [0.2, 0.25) is 0 Å². The summed E-state index contributed by atoms with van der Waals surface area (Å²) in [6.45, 7) is 14.8. The van der Waals surface area contributed by atoms with Crippen molar-refractivity contribution in [2.45, 2.75) is 65.8 Å². The zero-order chi connectivity index (χ0) is 14.5. The summed E-state index contributed by atoms with van der Waals surface area (Å²) >= 11 is 0. The average molecular weight is 261 g/mol. The van der Waals surface area contributed by atoms with Crippen LogP contribution in [0, 0.1) is 5.92 Å². The highest BCUT2D eigenvalue weighted by Crippen LogP contribution is 2.29. The van der Waals surface area contributed by atoms with Gasteiger partial charge in [-0.25, -0.2) is 0 Å². The maximum absolute atomic E-state index is 3.52. The smallest absolute Gasteiger partial charge is 0.00468 e. The maximum atomic E-state index is 3.52. The normalized spacial score (nSPS) is 13.8. The van der Waals surface area contributed by atoms with Gasteiger partial charge in [-0.05, 0) is 48.8 Å². The van der Waals surface area contributed by atoms with Crippen LogP contribution in [0.5, 0.6) is 0 Å². The first-order valence-electron chi connectivity index (χ1n) is 7.68. The molecule has 1 aromatic rings. The first-order valence-corrected chi connectivity index (χ1v) is 7.68. The van der Waals surface area contributed by atoms with Gasteiger partial charge in [0.05, 0.1) is 0 Å². The van der Waals surface area contributed by atoms with Gasteiger partial charge in [-0.2, -0.15) is 0 Å². The van der Waals surface area contributed by atoms with E-state index in [1.165, 1.54) is 24.0 Å². The second-order valence-electron chi connectivity index (χ2n) is 6.85. The van der Waals surface area contributed by atoms with Gasteiger partial charge in [0, 0.05) is 6.04 Å². The van der Waals surface area contributed by atoms with Gasteiger partial charge in [-0.15, -0.1) is 0 Å². The first kappa shape index (κ1) is 16.2. The fourth-order valence-electron chi connectivity index (χ4n) is 2.89. The zero-order valence-electron chi connectivity index (χ0n) is 13.6. The molecule has 1 heteroatoms. The summed E-state index contributed by atoms with van der Waals surface area (Å²) in [5.74, 6) is 0.721. The molecule has 1 aromatic carbocycles. The molecule has 0 bridgehead atoms. The van der Waals surface area contributed by atoms with Crippen LogP contribution in [0.3, 0.4) is 0 Å². The van der Waals surface area contributed by atoms with E-state index in [0.29, 0.717) is 6.04 Å². The van der Waals surface area contributed by atoms with Crippen molar-refractivity contribution in [3.8, 4) is 0 Å². The topological polar surface area (TPSA) is 12.0 Å². The molecule has 1 nitrogen and oxygen atoms in total. The number of nitrogens with one attached hydrogen (secondary N) is 1. The highest BCUT2D eigenvalue weighted by Gasteiger charge is 2.23. The summed E-state index contributed by atoms with van der Waals surface area (Å²) in [6, 6.07) is 9.72. The van der Waals surface area contributed by atoms with E-state index in [0.717, 1.165) is 12.5 Å². The largest absolute Gasteiger partial charge is 0.315 e. The Morgan fingerprint density at radius 2 is 1.84 bits per heavy atom. The van der Waals surface area contributed by atoms with E-state index in [-0.39, 0.29) is 5.41 Å². The van der Waals surface area contributed by atoms with Gasteiger partial charge in [-0.3, -0.25) is 0 Å². The number of rotatable bonds is 7. The van der Waals surface area contributed by atoms with Gasteiger partial charge in [0.1, 0.15) is 0 Å². The molecule has 0 radical (unpaired) electrons. The van der Waals surface area contributed by atoms with Gasteiger partial charge >= 0.3 is 0 Å². The van der Waals surface area contributed by atoms with Crippen molar-refractivity contribution in [1.82, 2.24) is 5.32 Å². The SMILES string of the molecule is CCNC(C)CC(C)(C)c1cccc(CC(C)C)c1. The molecule has 0 spiro atoms. The van der Waals surface area contributed by atoms with Crippen molar-refractivity contribution < 1.29 is 0 Å². The van der Waals surface area contributed by atoms with Crippen molar-refractivity contribution in [3.63, 3.8) is 0 Å². The van der Waals surface area contributed by atoms with E-state index in [9.17, 15) is 0 Å². The lowest BCUT2D eigenvalue weighted by Gasteiger charge is -2.29. The van der Waals surface area contributed by atoms with Crippen molar-refractivity contribution in [1.29, 1.82) is 0 Å². The van der Waals surface area contributed by atoms with E-state index in [4.69, 9.17) is 0 Å². The van der Waals surface area contributed by atoms with E-state index in [2.05, 4.69) is 71.1 Å². The molecule has 1 rings (SSSR count). The average Bonchev–Trinajstić information content (AvgIpc) is 2.28. The van der Waals surface area contributed by atoms with Gasteiger partial charge < -0.3 is 5.32 Å². The second-order valence-corrected chi connectivity index (χ2v) is 6.85. The van der Waals surface area contributed by atoms with Crippen molar-refractivity contribution in [2.75, 3.05) is 6.54 Å². The second kappa shape index (κ2) is 7.09. The minimum Gasteiger partial charge on any atom is -0.315 e. The Bertz CT molecular complexity index is 379. The molecular weight excluding hydrogens is 230 g/mol. The van der Waals surface area contributed by atoms with Gasteiger partial charge in [-0.1, -0.05) is 58.9 Å².